The highest BCUT2D eigenvalue weighted by molar-refractivity contribution is 4.81. The van der Waals surface area contributed by atoms with Crippen molar-refractivity contribution in [3.05, 3.63) is 0 Å². The van der Waals surface area contributed by atoms with Crippen LogP contribution in [0.3, 0.4) is 0 Å². The van der Waals surface area contributed by atoms with Crippen molar-refractivity contribution in [2.75, 3.05) is 6.61 Å². The van der Waals surface area contributed by atoms with E-state index >= 15 is 0 Å². The van der Waals surface area contributed by atoms with Crippen LogP contribution in [0.4, 0.5) is 0 Å². The van der Waals surface area contributed by atoms with Gasteiger partial charge in [0.05, 0.1) is 0 Å². The van der Waals surface area contributed by atoms with E-state index in [2.05, 4.69) is 13.8 Å². The fourth-order valence-corrected chi connectivity index (χ4v) is 2.39. The van der Waals surface area contributed by atoms with Gasteiger partial charge in [0.25, 0.3) is 0 Å². The second kappa shape index (κ2) is 4.10. The van der Waals surface area contributed by atoms with Crippen molar-refractivity contribution < 1.29 is 5.11 Å². The Balaban J connectivity index is 2.41. The molecule has 1 saturated carbocycles. The molecular formula is C10H20O. The summed E-state index contributed by atoms with van der Waals surface area (Å²) in [6.45, 7) is 4.91. The van der Waals surface area contributed by atoms with Gasteiger partial charge in [-0.05, 0) is 30.6 Å². The predicted octanol–water partition coefficient (Wildman–Crippen LogP) is 2.44. The summed E-state index contributed by atoms with van der Waals surface area (Å²) >= 11 is 0. The van der Waals surface area contributed by atoms with Crippen LogP contribution in [0.5, 0.6) is 0 Å². The van der Waals surface area contributed by atoms with Gasteiger partial charge in [-0.2, -0.15) is 0 Å². The molecule has 1 fully saturated rings. The van der Waals surface area contributed by atoms with Crippen LogP contribution in [-0.4, -0.2) is 11.7 Å². The van der Waals surface area contributed by atoms with Crippen molar-refractivity contribution >= 4 is 0 Å². The molecule has 0 aliphatic heterocycles. The average Bonchev–Trinajstić information content (AvgIpc) is 2.46. The third-order valence-corrected chi connectivity index (χ3v) is 3.28. The molecule has 3 unspecified atom stereocenters. The molecule has 0 spiro atoms. The Kier molecular flexibility index (Phi) is 3.38. The van der Waals surface area contributed by atoms with Crippen molar-refractivity contribution in [3.8, 4) is 0 Å². The number of aliphatic hydroxyl groups excluding tert-OH is 1. The zero-order valence-electron chi connectivity index (χ0n) is 7.71. The lowest BCUT2D eigenvalue weighted by molar-refractivity contribution is 0.191. The average molecular weight is 156 g/mol. The summed E-state index contributed by atoms with van der Waals surface area (Å²) in [5, 5.41) is 9.08. The molecule has 3 atom stereocenters. The van der Waals surface area contributed by atoms with Gasteiger partial charge in [-0.15, -0.1) is 0 Å². The molecule has 0 bridgehead atoms. The van der Waals surface area contributed by atoms with Crippen LogP contribution < -0.4 is 0 Å². The number of hydrogen-bond acceptors (Lipinski definition) is 1. The summed E-state index contributed by atoms with van der Waals surface area (Å²) in [4.78, 5) is 0. The van der Waals surface area contributed by atoms with Crippen molar-refractivity contribution in [3.63, 3.8) is 0 Å². The molecule has 0 amide bonds. The normalized spacial score (nSPS) is 37.9. The van der Waals surface area contributed by atoms with Crippen molar-refractivity contribution in [2.24, 2.45) is 17.8 Å². The molecule has 0 heterocycles. The van der Waals surface area contributed by atoms with Crippen molar-refractivity contribution in [2.45, 2.75) is 39.5 Å². The van der Waals surface area contributed by atoms with Crippen LogP contribution in [0.2, 0.25) is 0 Å². The van der Waals surface area contributed by atoms with E-state index in [9.17, 15) is 0 Å². The Morgan fingerprint density at radius 1 is 1.09 bits per heavy atom. The monoisotopic (exact) mass is 156 g/mol. The zero-order valence-corrected chi connectivity index (χ0v) is 7.71. The van der Waals surface area contributed by atoms with Gasteiger partial charge in [0.2, 0.25) is 0 Å². The summed E-state index contributed by atoms with van der Waals surface area (Å²) < 4.78 is 0. The molecule has 1 aliphatic rings. The van der Waals surface area contributed by atoms with Gasteiger partial charge >= 0.3 is 0 Å². The predicted molar refractivity (Wildman–Crippen MR) is 47.4 cm³/mol. The highest BCUT2D eigenvalue weighted by atomic mass is 16.3. The lowest BCUT2D eigenvalue weighted by Crippen LogP contribution is -2.10. The van der Waals surface area contributed by atoms with Crippen LogP contribution in [0.25, 0.3) is 0 Å². The second-order valence-corrected chi connectivity index (χ2v) is 3.86. The van der Waals surface area contributed by atoms with E-state index in [1.54, 1.807) is 0 Å². The van der Waals surface area contributed by atoms with Gasteiger partial charge in [0.1, 0.15) is 0 Å². The van der Waals surface area contributed by atoms with E-state index in [4.69, 9.17) is 5.11 Å². The summed E-state index contributed by atoms with van der Waals surface area (Å²) in [5.41, 5.74) is 0. The third-order valence-electron chi connectivity index (χ3n) is 3.28. The topological polar surface area (TPSA) is 20.2 Å². The molecule has 0 radical (unpaired) electrons. The number of rotatable bonds is 3. The fourth-order valence-electron chi connectivity index (χ4n) is 2.39. The second-order valence-electron chi connectivity index (χ2n) is 3.86. The lowest BCUT2D eigenvalue weighted by atomic mass is 9.95. The molecule has 1 nitrogen and oxygen atoms in total. The molecule has 66 valence electrons. The molecule has 1 N–H and O–H groups in total. The fraction of sp³-hybridized carbons (Fsp3) is 1.00. The Hall–Kier alpha value is -0.0400. The van der Waals surface area contributed by atoms with E-state index < -0.39 is 0 Å². The maximum absolute atomic E-state index is 9.08. The van der Waals surface area contributed by atoms with Crippen LogP contribution >= 0.6 is 0 Å². The van der Waals surface area contributed by atoms with E-state index in [1.165, 1.54) is 25.7 Å². The molecule has 0 aromatic carbocycles. The minimum Gasteiger partial charge on any atom is -0.396 e. The van der Waals surface area contributed by atoms with Crippen LogP contribution in [0.1, 0.15) is 39.5 Å². The highest BCUT2D eigenvalue weighted by Crippen LogP contribution is 2.39. The molecule has 11 heavy (non-hydrogen) atoms. The zero-order chi connectivity index (χ0) is 8.27. The van der Waals surface area contributed by atoms with Crippen molar-refractivity contribution in [1.29, 1.82) is 0 Å². The molecule has 0 aromatic heterocycles. The minimum absolute atomic E-state index is 0.412. The summed E-state index contributed by atoms with van der Waals surface area (Å²) in [5.74, 6) is 2.33. The molecule has 1 heteroatoms. The number of aliphatic hydroxyl groups is 1. The Bertz CT molecular complexity index is 99.4. The van der Waals surface area contributed by atoms with E-state index in [1.807, 2.05) is 0 Å². The molecule has 1 rings (SSSR count). The first kappa shape index (κ1) is 9.05. The minimum atomic E-state index is 0.412. The summed E-state index contributed by atoms with van der Waals surface area (Å²) in [6.07, 6.45) is 5.18. The number of hydrogen-bond donors (Lipinski definition) is 1. The Labute approximate surface area is 69.8 Å². The summed E-state index contributed by atoms with van der Waals surface area (Å²) in [7, 11) is 0. The summed E-state index contributed by atoms with van der Waals surface area (Å²) in [6, 6.07) is 0. The molecule has 1 aliphatic carbocycles. The highest BCUT2D eigenvalue weighted by Gasteiger charge is 2.31. The van der Waals surface area contributed by atoms with Crippen LogP contribution in [-0.2, 0) is 0 Å². The maximum Gasteiger partial charge on any atom is 0.0462 e. The first-order valence-corrected chi connectivity index (χ1v) is 4.92. The van der Waals surface area contributed by atoms with Gasteiger partial charge in [-0.25, -0.2) is 0 Å². The lowest BCUT2D eigenvalue weighted by Gasteiger charge is -2.13. The molecule has 0 aromatic rings. The van der Waals surface area contributed by atoms with E-state index in [-0.39, 0.29) is 0 Å². The largest absolute Gasteiger partial charge is 0.396 e. The van der Waals surface area contributed by atoms with E-state index in [0.29, 0.717) is 12.5 Å². The maximum atomic E-state index is 9.08. The Morgan fingerprint density at radius 2 is 1.73 bits per heavy atom. The first-order chi connectivity index (χ1) is 5.31. The van der Waals surface area contributed by atoms with Crippen LogP contribution in [0.15, 0.2) is 0 Å². The smallest absolute Gasteiger partial charge is 0.0462 e. The SMILES string of the molecule is CCC1CC(CC)C(CO)C1. The molecular weight excluding hydrogens is 136 g/mol. The van der Waals surface area contributed by atoms with Crippen molar-refractivity contribution in [1.82, 2.24) is 0 Å². The van der Waals surface area contributed by atoms with Gasteiger partial charge < -0.3 is 5.11 Å². The van der Waals surface area contributed by atoms with E-state index in [0.717, 1.165) is 11.8 Å². The first-order valence-electron chi connectivity index (χ1n) is 4.92. The van der Waals surface area contributed by atoms with Crippen LogP contribution in [0, 0.1) is 17.8 Å². The molecule has 0 saturated heterocycles. The van der Waals surface area contributed by atoms with Gasteiger partial charge in [0.15, 0.2) is 0 Å². The quantitative estimate of drug-likeness (QED) is 0.665. The van der Waals surface area contributed by atoms with Gasteiger partial charge in [-0.3, -0.25) is 0 Å². The van der Waals surface area contributed by atoms with Gasteiger partial charge in [0, 0.05) is 6.61 Å². The standard InChI is InChI=1S/C10H20O/c1-3-8-5-9(4-2)10(6-8)7-11/h8-11H,3-7H2,1-2H3. The Morgan fingerprint density at radius 3 is 2.09 bits per heavy atom. The third kappa shape index (κ3) is 1.96. The van der Waals surface area contributed by atoms with Gasteiger partial charge in [-0.1, -0.05) is 26.7 Å².